The highest BCUT2D eigenvalue weighted by Gasteiger charge is 2.73. The molecule has 0 radical (unpaired) electrons. The highest BCUT2D eigenvalue weighted by atomic mass is 35.5. The minimum absolute atomic E-state index is 0.259. The van der Waals surface area contributed by atoms with E-state index in [4.69, 9.17) is 27.9 Å². The van der Waals surface area contributed by atoms with E-state index < -0.39 is 39.4 Å². The molecule has 1 aliphatic heterocycles. The second kappa shape index (κ2) is 7.42. The molecule has 1 saturated heterocycles. The molecule has 3 aromatic rings. The lowest BCUT2D eigenvalue weighted by Gasteiger charge is -2.54. The molecule has 2 atom stereocenters. The van der Waals surface area contributed by atoms with Crippen LogP contribution in [0.2, 0.25) is 0 Å². The standard InChI is InChI=1S/C28H21Cl2NO4/c1-15(2)35-26(34)16-11-13-17(14-12-16)31-24(32)22-23(25(31)33)28(30)19-8-4-3-7-18(19)27(22,29)20-9-5-6-10-21(20)28/h3-15,22-23H,1-2H3/t22-,23+,27?,28?. The van der Waals surface area contributed by atoms with Gasteiger partial charge >= 0.3 is 5.97 Å². The zero-order chi connectivity index (χ0) is 24.7. The van der Waals surface area contributed by atoms with E-state index in [9.17, 15) is 14.4 Å². The molecule has 3 aliphatic carbocycles. The van der Waals surface area contributed by atoms with Gasteiger partial charge in [-0.25, -0.2) is 9.69 Å². The van der Waals surface area contributed by atoms with E-state index in [0.717, 1.165) is 22.3 Å². The summed E-state index contributed by atoms with van der Waals surface area (Å²) in [5.74, 6) is -3.01. The third-order valence-electron chi connectivity index (χ3n) is 7.29. The van der Waals surface area contributed by atoms with E-state index in [0.29, 0.717) is 11.3 Å². The number of alkyl halides is 2. The summed E-state index contributed by atoms with van der Waals surface area (Å²) in [5.41, 5.74) is 3.72. The van der Waals surface area contributed by atoms with Crippen LogP contribution in [-0.2, 0) is 24.1 Å². The van der Waals surface area contributed by atoms with Gasteiger partial charge in [0, 0.05) is 0 Å². The first-order valence-electron chi connectivity index (χ1n) is 11.5. The van der Waals surface area contributed by atoms with Crippen LogP contribution < -0.4 is 4.90 Å². The second-order valence-corrected chi connectivity index (χ2v) is 10.7. The Labute approximate surface area is 212 Å². The van der Waals surface area contributed by atoms with Gasteiger partial charge in [-0.05, 0) is 60.4 Å². The van der Waals surface area contributed by atoms with Crippen LogP contribution in [0.5, 0.6) is 0 Å². The maximum atomic E-state index is 13.9. The largest absolute Gasteiger partial charge is 0.459 e. The molecule has 2 bridgehead atoms. The molecule has 176 valence electrons. The van der Waals surface area contributed by atoms with Crippen molar-refractivity contribution in [3.05, 3.63) is 101 Å². The normalized spacial score (nSPS) is 28.1. The van der Waals surface area contributed by atoms with Gasteiger partial charge in [0.1, 0.15) is 9.75 Å². The number of imide groups is 1. The number of benzene rings is 3. The Morgan fingerprint density at radius 2 is 1.17 bits per heavy atom. The average Bonchev–Trinajstić information content (AvgIpc) is 3.13. The van der Waals surface area contributed by atoms with Crippen molar-refractivity contribution in [2.75, 3.05) is 4.90 Å². The number of halogens is 2. The van der Waals surface area contributed by atoms with Crippen LogP contribution in [0.4, 0.5) is 5.69 Å². The van der Waals surface area contributed by atoms with Crippen molar-refractivity contribution in [3.63, 3.8) is 0 Å². The number of carbonyl (C=O) groups is 3. The van der Waals surface area contributed by atoms with Crippen LogP contribution in [0.25, 0.3) is 0 Å². The van der Waals surface area contributed by atoms with E-state index in [-0.39, 0.29) is 6.10 Å². The van der Waals surface area contributed by atoms with Crippen LogP contribution in [-0.4, -0.2) is 23.9 Å². The van der Waals surface area contributed by atoms with Gasteiger partial charge < -0.3 is 4.74 Å². The van der Waals surface area contributed by atoms with E-state index in [1.807, 2.05) is 48.5 Å². The average molecular weight is 506 g/mol. The Balaban J connectivity index is 1.49. The van der Waals surface area contributed by atoms with Crippen molar-refractivity contribution in [3.8, 4) is 0 Å². The van der Waals surface area contributed by atoms with Gasteiger partial charge in [-0.3, -0.25) is 9.59 Å². The van der Waals surface area contributed by atoms with Gasteiger partial charge in [-0.15, -0.1) is 23.2 Å². The number of ether oxygens (including phenoxy) is 1. The van der Waals surface area contributed by atoms with Crippen LogP contribution in [0.15, 0.2) is 72.8 Å². The summed E-state index contributed by atoms with van der Waals surface area (Å²) >= 11 is 14.9. The molecule has 0 unspecified atom stereocenters. The summed E-state index contributed by atoms with van der Waals surface area (Å²) in [6.07, 6.45) is -0.259. The van der Waals surface area contributed by atoms with Gasteiger partial charge in [0.25, 0.3) is 0 Å². The summed E-state index contributed by atoms with van der Waals surface area (Å²) in [6.45, 7) is 3.54. The third kappa shape index (κ3) is 2.74. The number of nitrogens with zero attached hydrogens (tertiary/aromatic N) is 1. The molecule has 35 heavy (non-hydrogen) atoms. The Bertz CT molecular complexity index is 1290. The Kier molecular flexibility index (Phi) is 4.73. The maximum Gasteiger partial charge on any atom is 0.338 e. The van der Waals surface area contributed by atoms with Gasteiger partial charge in [0.05, 0.1) is 29.2 Å². The second-order valence-electron chi connectivity index (χ2n) is 9.48. The van der Waals surface area contributed by atoms with Gasteiger partial charge in [-0.1, -0.05) is 48.5 Å². The van der Waals surface area contributed by atoms with E-state index in [1.54, 1.807) is 38.1 Å². The fraction of sp³-hybridized carbons (Fsp3) is 0.250. The lowest BCUT2D eigenvalue weighted by molar-refractivity contribution is -0.122. The topological polar surface area (TPSA) is 63.7 Å². The van der Waals surface area contributed by atoms with Crippen molar-refractivity contribution < 1.29 is 19.1 Å². The highest BCUT2D eigenvalue weighted by molar-refractivity contribution is 6.38. The molecule has 7 rings (SSSR count). The minimum atomic E-state index is -1.23. The highest BCUT2D eigenvalue weighted by Crippen LogP contribution is 2.69. The van der Waals surface area contributed by atoms with E-state index >= 15 is 0 Å². The van der Waals surface area contributed by atoms with Crippen molar-refractivity contribution in [1.82, 2.24) is 0 Å². The molecule has 0 saturated carbocycles. The Hall–Kier alpha value is -3.15. The molecule has 3 aromatic carbocycles. The van der Waals surface area contributed by atoms with Gasteiger partial charge in [0.2, 0.25) is 11.8 Å². The summed E-state index contributed by atoms with van der Waals surface area (Å²) < 4.78 is 5.23. The van der Waals surface area contributed by atoms with Crippen LogP contribution >= 0.6 is 23.2 Å². The zero-order valence-corrected chi connectivity index (χ0v) is 20.5. The maximum absolute atomic E-state index is 13.9. The molecule has 0 N–H and O–H groups in total. The SMILES string of the molecule is CC(C)OC(=O)c1ccc(N2C(=O)[C@@H]3[C@H](C2=O)C2(Cl)c4ccccc4C3(Cl)c3ccccc32)cc1. The van der Waals surface area contributed by atoms with E-state index in [1.165, 1.54) is 4.90 Å². The number of esters is 1. The first kappa shape index (κ1) is 22.3. The lowest BCUT2D eigenvalue weighted by atomic mass is 9.54. The number of anilines is 1. The molecule has 7 heteroatoms. The molecular formula is C28H21Cl2NO4. The summed E-state index contributed by atoms with van der Waals surface area (Å²) in [5, 5.41) is 0. The van der Waals surface area contributed by atoms with Crippen LogP contribution in [0, 0.1) is 11.8 Å². The smallest absolute Gasteiger partial charge is 0.338 e. The first-order chi connectivity index (χ1) is 16.7. The Morgan fingerprint density at radius 3 is 1.54 bits per heavy atom. The number of amides is 2. The molecule has 1 heterocycles. The van der Waals surface area contributed by atoms with Crippen molar-refractivity contribution >= 4 is 46.7 Å². The summed E-state index contributed by atoms with van der Waals surface area (Å²) in [7, 11) is 0. The monoisotopic (exact) mass is 505 g/mol. The lowest BCUT2D eigenvalue weighted by Crippen LogP contribution is -2.57. The molecule has 0 aromatic heterocycles. The number of hydrogen-bond acceptors (Lipinski definition) is 4. The Morgan fingerprint density at radius 1 is 0.771 bits per heavy atom. The molecule has 1 fully saturated rings. The quantitative estimate of drug-likeness (QED) is 0.273. The summed E-state index contributed by atoms with van der Waals surface area (Å²) in [4.78, 5) is 38.8. The van der Waals surface area contributed by atoms with Crippen LogP contribution in [0.3, 0.4) is 0 Å². The molecule has 0 spiro atoms. The minimum Gasteiger partial charge on any atom is -0.459 e. The molecule has 2 amide bonds. The van der Waals surface area contributed by atoms with Gasteiger partial charge in [-0.2, -0.15) is 0 Å². The number of hydrogen-bond donors (Lipinski definition) is 0. The van der Waals surface area contributed by atoms with Crippen LogP contribution in [0.1, 0.15) is 46.5 Å². The van der Waals surface area contributed by atoms with Crippen molar-refractivity contribution in [1.29, 1.82) is 0 Å². The fourth-order valence-corrected chi connectivity index (χ4v) is 7.05. The predicted octanol–water partition coefficient (Wildman–Crippen LogP) is 5.35. The summed E-state index contributed by atoms with van der Waals surface area (Å²) in [6, 6.07) is 21.3. The first-order valence-corrected chi connectivity index (χ1v) is 12.2. The predicted molar refractivity (Wildman–Crippen MR) is 133 cm³/mol. The zero-order valence-electron chi connectivity index (χ0n) is 19.0. The van der Waals surface area contributed by atoms with Crippen molar-refractivity contribution in [2.24, 2.45) is 11.8 Å². The molecule has 5 nitrogen and oxygen atoms in total. The fourth-order valence-electron chi connectivity index (χ4n) is 5.95. The van der Waals surface area contributed by atoms with Crippen molar-refractivity contribution in [2.45, 2.75) is 29.7 Å². The van der Waals surface area contributed by atoms with Gasteiger partial charge in [0.15, 0.2) is 0 Å². The third-order valence-corrected chi connectivity index (χ3v) is 8.57. The van der Waals surface area contributed by atoms with E-state index in [2.05, 4.69) is 0 Å². The number of carbonyl (C=O) groups excluding carboxylic acids is 3. The molecular weight excluding hydrogens is 485 g/mol. The molecule has 4 aliphatic rings. The number of rotatable bonds is 3.